The van der Waals surface area contributed by atoms with E-state index in [-0.39, 0.29) is 19.3 Å². The molecular formula is C15H11Cl2NO4. The van der Waals surface area contributed by atoms with Gasteiger partial charge >= 0.3 is 0 Å². The standard InChI is InChI=1S/C15H11Cl2NO4/c16-9-1-3-11(17)12(5-9)18-15(19)7-20-10-2-4-13-14(6-10)22-8-21-13/h1-6H,7-8H2,(H,18,19). The first kappa shape index (κ1) is 14.8. The topological polar surface area (TPSA) is 56.8 Å². The van der Waals surface area contributed by atoms with Gasteiger partial charge in [0.15, 0.2) is 18.1 Å². The lowest BCUT2D eigenvalue weighted by molar-refractivity contribution is -0.118. The number of halogens is 2. The number of hydrogen-bond acceptors (Lipinski definition) is 4. The smallest absolute Gasteiger partial charge is 0.262 e. The van der Waals surface area contributed by atoms with Crippen LogP contribution in [0.1, 0.15) is 0 Å². The first-order valence-electron chi connectivity index (χ1n) is 6.39. The second-order valence-electron chi connectivity index (χ2n) is 4.48. The normalized spacial score (nSPS) is 12.1. The highest BCUT2D eigenvalue weighted by atomic mass is 35.5. The van der Waals surface area contributed by atoms with Gasteiger partial charge < -0.3 is 19.5 Å². The number of ether oxygens (including phenoxy) is 3. The molecule has 0 saturated heterocycles. The predicted octanol–water partition coefficient (Wildman–Crippen LogP) is 3.74. The van der Waals surface area contributed by atoms with Crippen LogP contribution in [0.25, 0.3) is 0 Å². The molecule has 114 valence electrons. The second kappa shape index (κ2) is 6.34. The van der Waals surface area contributed by atoms with Crippen LogP contribution in [0.15, 0.2) is 36.4 Å². The SMILES string of the molecule is O=C(COc1ccc2c(c1)OCO2)Nc1cc(Cl)ccc1Cl. The molecule has 0 radical (unpaired) electrons. The molecule has 0 unspecified atom stereocenters. The summed E-state index contributed by atoms with van der Waals surface area (Å²) in [6, 6.07) is 9.92. The number of rotatable bonds is 4. The number of hydrogen-bond donors (Lipinski definition) is 1. The van der Waals surface area contributed by atoms with Crippen molar-refractivity contribution >= 4 is 34.8 Å². The number of carbonyl (C=O) groups excluding carboxylic acids is 1. The lowest BCUT2D eigenvalue weighted by Gasteiger charge is -2.09. The molecule has 1 amide bonds. The molecule has 2 aromatic carbocycles. The van der Waals surface area contributed by atoms with Gasteiger partial charge in [0.1, 0.15) is 5.75 Å². The Morgan fingerprint density at radius 2 is 1.95 bits per heavy atom. The molecular weight excluding hydrogens is 329 g/mol. The Morgan fingerprint density at radius 1 is 1.14 bits per heavy atom. The molecule has 2 aromatic rings. The molecule has 0 atom stereocenters. The summed E-state index contributed by atoms with van der Waals surface area (Å²) in [7, 11) is 0. The maximum Gasteiger partial charge on any atom is 0.262 e. The maximum atomic E-state index is 11.9. The molecule has 5 nitrogen and oxygen atoms in total. The van der Waals surface area contributed by atoms with E-state index in [0.29, 0.717) is 33.0 Å². The maximum absolute atomic E-state index is 11.9. The molecule has 1 aliphatic heterocycles. The van der Waals surface area contributed by atoms with Crippen LogP contribution >= 0.6 is 23.2 Å². The molecule has 7 heteroatoms. The number of benzene rings is 2. The molecule has 0 spiro atoms. The van der Waals surface area contributed by atoms with E-state index in [1.54, 1.807) is 36.4 Å². The van der Waals surface area contributed by atoms with Crippen molar-refractivity contribution in [2.75, 3.05) is 18.7 Å². The molecule has 0 bridgehead atoms. The Kier molecular flexibility index (Phi) is 4.27. The summed E-state index contributed by atoms with van der Waals surface area (Å²) in [5.74, 6) is 1.41. The van der Waals surface area contributed by atoms with Gasteiger partial charge in [-0.15, -0.1) is 0 Å². The Bertz CT molecular complexity index is 721. The van der Waals surface area contributed by atoms with Crippen molar-refractivity contribution in [1.29, 1.82) is 0 Å². The monoisotopic (exact) mass is 339 g/mol. The predicted molar refractivity (Wildman–Crippen MR) is 83.2 cm³/mol. The Labute approximate surface area is 136 Å². The van der Waals surface area contributed by atoms with Crippen LogP contribution in [-0.4, -0.2) is 19.3 Å². The Hall–Kier alpha value is -2.11. The third-order valence-electron chi connectivity index (χ3n) is 2.92. The lowest BCUT2D eigenvalue weighted by Crippen LogP contribution is -2.20. The van der Waals surface area contributed by atoms with Crippen LogP contribution in [-0.2, 0) is 4.79 Å². The molecule has 1 heterocycles. The first-order valence-corrected chi connectivity index (χ1v) is 7.15. The molecule has 22 heavy (non-hydrogen) atoms. The zero-order valence-corrected chi connectivity index (χ0v) is 12.8. The van der Waals surface area contributed by atoms with Crippen LogP contribution in [0, 0.1) is 0 Å². The average molecular weight is 340 g/mol. The van der Waals surface area contributed by atoms with Crippen molar-refractivity contribution < 1.29 is 19.0 Å². The van der Waals surface area contributed by atoms with E-state index in [1.807, 2.05) is 0 Å². The molecule has 0 fully saturated rings. The van der Waals surface area contributed by atoms with Gasteiger partial charge in [0, 0.05) is 11.1 Å². The van der Waals surface area contributed by atoms with Crippen molar-refractivity contribution in [3.05, 3.63) is 46.4 Å². The van der Waals surface area contributed by atoms with Crippen molar-refractivity contribution in [3.8, 4) is 17.2 Å². The van der Waals surface area contributed by atoms with Gasteiger partial charge in [0.2, 0.25) is 6.79 Å². The van der Waals surface area contributed by atoms with E-state index in [0.717, 1.165) is 0 Å². The van der Waals surface area contributed by atoms with Crippen molar-refractivity contribution in [3.63, 3.8) is 0 Å². The fourth-order valence-corrected chi connectivity index (χ4v) is 2.23. The third kappa shape index (κ3) is 3.37. The minimum Gasteiger partial charge on any atom is -0.484 e. The number of nitrogens with one attached hydrogen (secondary N) is 1. The largest absolute Gasteiger partial charge is 0.484 e. The minimum atomic E-state index is -0.346. The van der Waals surface area contributed by atoms with Gasteiger partial charge in [0.25, 0.3) is 5.91 Å². The highest BCUT2D eigenvalue weighted by molar-refractivity contribution is 6.35. The van der Waals surface area contributed by atoms with E-state index >= 15 is 0 Å². The zero-order valence-electron chi connectivity index (χ0n) is 11.3. The van der Waals surface area contributed by atoms with E-state index in [2.05, 4.69) is 5.32 Å². The fraction of sp³-hybridized carbons (Fsp3) is 0.133. The van der Waals surface area contributed by atoms with Crippen LogP contribution in [0.4, 0.5) is 5.69 Å². The van der Waals surface area contributed by atoms with Gasteiger partial charge in [-0.3, -0.25) is 4.79 Å². The van der Waals surface area contributed by atoms with Gasteiger partial charge in [-0.05, 0) is 30.3 Å². The van der Waals surface area contributed by atoms with Crippen LogP contribution in [0.5, 0.6) is 17.2 Å². The number of fused-ring (bicyclic) bond motifs is 1. The second-order valence-corrected chi connectivity index (χ2v) is 5.32. The average Bonchev–Trinajstić information content (AvgIpc) is 2.96. The summed E-state index contributed by atoms with van der Waals surface area (Å²) in [5, 5.41) is 3.52. The van der Waals surface area contributed by atoms with Crippen molar-refractivity contribution in [2.45, 2.75) is 0 Å². The summed E-state index contributed by atoms with van der Waals surface area (Å²) in [5.41, 5.74) is 0.438. The molecule has 0 aliphatic carbocycles. The summed E-state index contributed by atoms with van der Waals surface area (Å²) in [6.45, 7) is 0.0228. The molecule has 0 saturated carbocycles. The fourth-order valence-electron chi connectivity index (χ4n) is 1.90. The third-order valence-corrected chi connectivity index (χ3v) is 3.48. The van der Waals surface area contributed by atoms with Crippen molar-refractivity contribution in [2.24, 2.45) is 0 Å². The molecule has 3 rings (SSSR count). The Balaban J connectivity index is 1.59. The summed E-state index contributed by atoms with van der Waals surface area (Å²) >= 11 is 11.8. The quantitative estimate of drug-likeness (QED) is 0.921. The molecule has 0 aromatic heterocycles. The zero-order chi connectivity index (χ0) is 15.5. The van der Waals surface area contributed by atoms with Gasteiger partial charge in [0.05, 0.1) is 10.7 Å². The van der Waals surface area contributed by atoms with Crippen LogP contribution in [0.2, 0.25) is 10.0 Å². The summed E-state index contributed by atoms with van der Waals surface area (Å²) in [6.07, 6.45) is 0. The van der Waals surface area contributed by atoms with Crippen molar-refractivity contribution in [1.82, 2.24) is 0 Å². The van der Waals surface area contributed by atoms with Gasteiger partial charge in [-0.1, -0.05) is 23.2 Å². The van der Waals surface area contributed by atoms with E-state index < -0.39 is 0 Å². The van der Waals surface area contributed by atoms with E-state index in [4.69, 9.17) is 37.4 Å². The van der Waals surface area contributed by atoms with Crippen LogP contribution in [0.3, 0.4) is 0 Å². The van der Waals surface area contributed by atoms with Gasteiger partial charge in [-0.25, -0.2) is 0 Å². The minimum absolute atomic E-state index is 0.164. The number of amides is 1. The first-order chi connectivity index (χ1) is 10.6. The molecule has 1 N–H and O–H groups in total. The summed E-state index contributed by atoms with van der Waals surface area (Å²) in [4.78, 5) is 11.9. The van der Waals surface area contributed by atoms with Crippen LogP contribution < -0.4 is 19.5 Å². The summed E-state index contributed by atoms with van der Waals surface area (Å²) < 4.78 is 15.8. The Morgan fingerprint density at radius 3 is 2.82 bits per heavy atom. The van der Waals surface area contributed by atoms with Gasteiger partial charge in [-0.2, -0.15) is 0 Å². The molecule has 1 aliphatic rings. The van der Waals surface area contributed by atoms with E-state index in [9.17, 15) is 4.79 Å². The van der Waals surface area contributed by atoms with E-state index in [1.165, 1.54) is 0 Å². The highest BCUT2D eigenvalue weighted by Gasteiger charge is 2.14. The lowest BCUT2D eigenvalue weighted by atomic mass is 10.3. The number of carbonyl (C=O) groups is 1. The highest BCUT2D eigenvalue weighted by Crippen LogP contribution is 2.35. The number of anilines is 1.